The van der Waals surface area contributed by atoms with Crippen LogP contribution in [0, 0.1) is 0 Å². The molecule has 0 unspecified atom stereocenters. The van der Waals surface area contributed by atoms with E-state index in [1.807, 2.05) is 0 Å². The molecule has 14 heteroatoms. The van der Waals surface area contributed by atoms with Crippen molar-refractivity contribution in [3.63, 3.8) is 0 Å². The number of alkyl halides is 5. The van der Waals surface area contributed by atoms with Crippen LogP contribution in [0.1, 0.15) is 26.7 Å². The van der Waals surface area contributed by atoms with Crippen molar-refractivity contribution in [3.05, 3.63) is 0 Å². The van der Waals surface area contributed by atoms with Crippen LogP contribution in [-0.4, -0.2) is 47.2 Å². The van der Waals surface area contributed by atoms with Crippen LogP contribution in [0.2, 0.25) is 0 Å². The molecule has 23 heavy (non-hydrogen) atoms. The quantitative estimate of drug-likeness (QED) is 0.413. The molecule has 0 spiro atoms. The highest BCUT2D eigenvalue weighted by Crippen LogP contribution is 2.26. The number of rotatable bonds is 8. The lowest BCUT2D eigenvalue weighted by Gasteiger charge is -2.13. The first-order valence-electron chi connectivity index (χ1n) is 6.25. The van der Waals surface area contributed by atoms with Crippen molar-refractivity contribution in [1.82, 2.24) is 9.44 Å². The Morgan fingerprint density at radius 2 is 1.43 bits per heavy atom. The Morgan fingerprint density at radius 1 is 0.957 bits per heavy atom. The van der Waals surface area contributed by atoms with Crippen molar-refractivity contribution in [2.24, 2.45) is 5.73 Å². The molecule has 0 saturated carbocycles. The Hall–Kier alpha value is -0.570. The number of unbranched alkanes of at least 4 members (excludes halogenated alkanes) is 1. The maximum Gasteiger partial charge on any atom is 0.512 e. The van der Waals surface area contributed by atoms with Gasteiger partial charge in [-0.05, 0) is 13.0 Å². The van der Waals surface area contributed by atoms with Gasteiger partial charge in [0, 0.05) is 20.0 Å². The van der Waals surface area contributed by atoms with E-state index in [4.69, 9.17) is 5.73 Å². The van der Waals surface area contributed by atoms with Gasteiger partial charge in [-0.1, -0.05) is 17.5 Å². The molecular weight excluding hydrogens is 373 g/mol. The predicted molar refractivity (Wildman–Crippen MR) is 74.5 cm³/mol. The standard InChI is InChI=1S/C6H16N2.C3H4F5NO4S2/c1-2-3-5-8-6-4-7;1-2(4,5)14(10,11)9-15(12,13)3(6,7)8/h8H,2-7H2,1H3;9H,1H3. The smallest absolute Gasteiger partial charge is 0.329 e. The highest BCUT2D eigenvalue weighted by atomic mass is 32.3. The molecule has 0 aliphatic carbocycles. The van der Waals surface area contributed by atoms with Crippen LogP contribution in [0.4, 0.5) is 22.0 Å². The minimum absolute atomic E-state index is 0.118. The Balaban J connectivity index is 0. The molecule has 142 valence electrons. The Bertz CT molecular complexity index is 480. The molecule has 0 amide bonds. The molecule has 0 aliphatic heterocycles. The van der Waals surface area contributed by atoms with Crippen LogP contribution in [0.5, 0.6) is 0 Å². The maximum absolute atomic E-state index is 12.1. The summed E-state index contributed by atoms with van der Waals surface area (Å²) in [6.45, 7) is 4.75. The van der Waals surface area contributed by atoms with Crippen LogP contribution in [-0.2, 0) is 20.0 Å². The average Bonchev–Trinajstić information content (AvgIpc) is 2.31. The summed E-state index contributed by atoms with van der Waals surface area (Å²) < 4.78 is 100. The van der Waals surface area contributed by atoms with E-state index in [9.17, 15) is 38.8 Å². The normalized spacial score (nSPS) is 13.4. The van der Waals surface area contributed by atoms with Crippen molar-refractivity contribution in [1.29, 1.82) is 0 Å². The number of nitrogens with one attached hydrogen (secondary N) is 2. The Morgan fingerprint density at radius 3 is 1.74 bits per heavy atom. The van der Waals surface area contributed by atoms with Gasteiger partial charge in [0.25, 0.3) is 10.0 Å². The fourth-order valence-corrected chi connectivity index (χ4v) is 2.91. The highest BCUT2D eigenvalue weighted by Gasteiger charge is 2.52. The van der Waals surface area contributed by atoms with Crippen molar-refractivity contribution < 1.29 is 38.8 Å². The lowest BCUT2D eigenvalue weighted by atomic mass is 10.3. The summed E-state index contributed by atoms with van der Waals surface area (Å²) in [7, 11) is -12.3. The third-order valence-electron chi connectivity index (χ3n) is 2.02. The van der Waals surface area contributed by atoms with E-state index in [0.29, 0.717) is 0 Å². The molecule has 0 saturated heterocycles. The molecule has 0 heterocycles. The largest absolute Gasteiger partial charge is 0.512 e. The van der Waals surface area contributed by atoms with Crippen molar-refractivity contribution in [2.45, 2.75) is 37.5 Å². The molecule has 0 atom stereocenters. The van der Waals surface area contributed by atoms with E-state index in [0.717, 1.165) is 19.6 Å². The number of halogens is 5. The van der Waals surface area contributed by atoms with Gasteiger partial charge in [-0.3, -0.25) is 0 Å². The number of hydrogen-bond acceptors (Lipinski definition) is 6. The van der Waals surface area contributed by atoms with E-state index in [2.05, 4.69) is 12.2 Å². The minimum atomic E-state index is -6.36. The van der Waals surface area contributed by atoms with Crippen LogP contribution in [0.25, 0.3) is 0 Å². The molecule has 0 bridgehead atoms. The summed E-state index contributed by atoms with van der Waals surface area (Å²) in [4.78, 5) is 0. The third-order valence-corrected chi connectivity index (χ3v) is 5.33. The molecular formula is C9H20F5N3O4S2. The number of nitrogens with two attached hydrogens (primary N) is 1. The molecule has 0 radical (unpaired) electrons. The first-order valence-corrected chi connectivity index (χ1v) is 9.22. The molecule has 7 nitrogen and oxygen atoms in total. The van der Waals surface area contributed by atoms with E-state index in [1.165, 1.54) is 12.8 Å². The fraction of sp³-hybridized carbons (Fsp3) is 1.00. The van der Waals surface area contributed by atoms with Gasteiger partial charge < -0.3 is 11.1 Å². The summed E-state index contributed by atoms with van der Waals surface area (Å²) in [5, 5.41) is -1.44. The highest BCUT2D eigenvalue weighted by molar-refractivity contribution is 8.05. The second-order valence-electron chi connectivity index (χ2n) is 4.24. The predicted octanol–water partition coefficient (Wildman–Crippen LogP) is 0.703. The van der Waals surface area contributed by atoms with E-state index < -0.39 is 30.8 Å². The Kier molecular flexibility index (Phi) is 10.4. The molecule has 0 rings (SSSR count). The summed E-state index contributed by atoms with van der Waals surface area (Å²) in [6.07, 6.45) is 2.53. The molecule has 0 fully saturated rings. The second kappa shape index (κ2) is 9.66. The van der Waals surface area contributed by atoms with Crippen molar-refractivity contribution in [3.8, 4) is 0 Å². The zero-order chi connectivity index (χ0) is 18.9. The molecule has 0 aliphatic rings. The number of hydrogen-bond donors (Lipinski definition) is 3. The van der Waals surface area contributed by atoms with Gasteiger partial charge in [-0.25, -0.2) is 16.8 Å². The zero-order valence-electron chi connectivity index (χ0n) is 12.5. The first kappa shape index (κ1) is 24.7. The molecule has 4 N–H and O–H groups in total. The topological polar surface area (TPSA) is 118 Å². The van der Waals surface area contributed by atoms with E-state index in [-0.39, 0.29) is 11.1 Å². The van der Waals surface area contributed by atoms with Crippen LogP contribution < -0.4 is 15.2 Å². The maximum atomic E-state index is 12.1. The summed E-state index contributed by atoms with van der Waals surface area (Å²) in [6, 6.07) is 0. The van der Waals surface area contributed by atoms with Crippen LogP contribution in [0.15, 0.2) is 0 Å². The van der Waals surface area contributed by atoms with Crippen molar-refractivity contribution >= 4 is 20.0 Å². The van der Waals surface area contributed by atoms with Crippen LogP contribution in [0.3, 0.4) is 0 Å². The monoisotopic (exact) mass is 393 g/mol. The average molecular weight is 393 g/mol. The SMILES string of the molecule is CC(F)(F)S(=O)(=O)NS(=O)(=O)C(F)(F)F.CCCCNCCN. The summed E-state index contributed by atoms with van der Waals surface area (Å²) >= 11 is 0. The van der Waals surface area contributed by atoms with Gasteiger partial charge in [0.2, 0.25) is 0 Å². The molecule has 0 aromatic carbocycles. The van der Waals surface area contributed by atoms with E-state index >= 15 is 0 Å². The van der Waals surface area contributed by atoms with Gasteiger partial charge in [0.1, 0.15) is 0 Å². The van der Waals surface area contributed by atoms with Gasteiger partial charge >= 0.3 is 20.8 Å². The van der Waals surface area contributed by atoms with Gasteiger partial charge in [-0.2, -0.15) is 22.0 Å². The summed E-state index contributed by atoms with van der Waals surface area (Å²) in [5.41, 5.74) is -0.733. The second-order valence-corrected chi connectivity index (χ2v) is 8.10. The van der Waals surface area contributed by atoms with Crippen LogP contribution >= 0.6 is 0 Å². The number of sulfonamides is 2. The van der Waals surface area contributed by atoms with Gasteiger partial charge in [0.05, 0.1) is 0 Å². The van der Waals surface area contributed by atoms with Gasteiger partial charge in [-0.15, -0.1) is 0 Å². The van der Waals surface area contributed by atoms with E-state index in [1.54, 1.807) is 0 Å². The third kappa shape index (κ3) is 10.0. The first-order chi connectivity index (χ1) is 10.1. The molecule has 0 aromatic heterocycles. The van der Waals surface area contributed by atoms with Gasteiger partial charge in [0.15, 0.2) is 0 Å². The lowest BCUT2D eigenvalue weighted by molar-refractivity contribution is -0.0442. The molecule has 0 aromatic rings. The minimum Gasteiger partial charge on any atom is -0.329 e. The fourth-order valence-electron chi connectivity index (χ4n) is 0.794. The van der Waals surface area contributed by atoms with Crippen molar-refractivity contribution in [2.75, 3.05) is 19.6 Å². The summed E-state index contributed by atoms with van der Waals surface area (Å²) in [5.74, 6) is 0. The lowest BCUT2D eigenvalue weighted by Crippen LogP contribution is -2.46. The Labute approximate surface area is 131 Å². The zero-order valence-corrected chi connectivity index (χ0v) is 14.1.